The molecule has 12 heteroatoms. The van der Waals surface area contributed by atoms with Crippen molar-refractivity contribution in [2.24, 2.45) is 11.8 Å². The Morgan fingerprint density at radius 1 is 0.484 bits per heavy atom. The van der Waals surface area contributed by atoms with Gasteiger partial charge in [0.05, 0.1) is 45.7 Å². The van der Waals surface area contributed by atoms with E-state index in [1.807, 2.05) is 90.1 Å². The lowest BCUT2D eigenvalue weighted by Crippen LogP contribution is -2.14. The minimum atomic E-state index is -4.42. The summed E-state index contributed by atoms with van der Waals surface area (Å²) >= 11 is 0. The van der Waals surface area contributed by atoms with E-state index in [9.17, 15) is 46.1 Å². The monoisotopic (exact) mass is 854 g/mol. The van der Waals surface area contributed by atoms with Crippen molar-refractivity contribution in [1.82, 2.24) is 9.97 Å². The van der Waals surface area contributed by atoms with Crippen molar-refractivity contribution in [3.05, 3.63) is 155 Å². The average Bonchev–Trinajstić information content (AvgIpc) is 3.21. The molecule has 0 saturated carbocycles. The average molecular weight is 855 g/mol. The third kappa shape index (κ3) is 12.4. The molecule has 2 heterocycles. The maximum Gasteiger partial charge on any atom is 0.416 e. The van der Waals surface area contributed by atoms with E-state index in [0.717, 1.165) is 46.5 Å². The van der Waals surface area contributed by atoms with Crippen molar-refractivity contribution in [1.29, 1.82) is 0 Å². The topological polar surface area (TPSA) is 100 Å². The van der Waals surface area contributed by atoms with Crippen LogP contribution in [0.2, 0.25) is 0 Å². The lowest BCUT2D eigenvalue weighted by molar-refractivity contribution is -0.140. The van der Waals surface area contributed by atoms with Gasteiger partial charge in [-0.2, -0.15) is 26.3 Å². The van der Waals surface area contributed by atoms with Crippen LogP contribution in [0.4, 0.5) is 26.3 Å². The van der Waals surface area contributed by atoms with Gasteiger partial charge in [-0.15, -0.1) is 0 Å². The second-order valence-corrected chi connectivity index (χ2v) is 16.3. The standard InChI is InChI=1S/2C25H24F3NO2/c1-15(2)12-21(24(30)31)19-13-22(17-6-4-16(3)5-7-17)29-23(14-19)18-8-10-20(11-9-18)25(26,27)28;1-15(2)11-21(24(30)31)19-13-22(17-7-9-20(10-8-17)25(26,27)28)29-23(14-19)18-6-4-5-16(3)12-18/h4-11,13-15,21H,12H2,1-3H3,(H,30,31);4-10,12-15,21H,11H2,1-3H3,(H,30,31). The number of aryl methyl sites for hydroxylation is 2. The van der Waals surface area contributed by atoms with Gasteiger partial charge in [0, 0.05) is 22.3 Å². The SMILES string of the molecule is Cc1ccc(-c2cc(C(CC(C)C)C(=O)O)cc(-c3ccc(C(F)(F)F)cc3)n2)cc1.Cc1cccc(-c2cc(C(CC(C)C)C(=O)O)cc(-c3ccc(C(F)(F)F)cc3)n2)c1. The molecule has 6 nitrogen and oxygen atoms in total. The molecule has 0 amide bonds. The first-order chi connectivity index (χ1) is 29.1. The van der Waals surface area contributed by atoms with Crippen molar-refractivity contribution in [2.75, 3.05) is 0 Å². The van der Waals surface area contributed by atoms with Crippen LogP contribution < -0.4 is 0 Å². The van der Waals surface area contributed by atoms with E-state index in [-0.39, 0.29) is 11.8 Å². The molecule has 0 radical (unpaired) electrons. The predicted molar refractivity (Wildman–Crippen MR) is 229 cm³/mol. The highest BCUT2D eigenvalue weighted by Gasteiger charge is 2.31. The Hall–Kier alpha value is -6.30. The molecule has 62 heavy (non-hydrogen) atoms. The number of nitrogens with zero attached hydrogens (tertiary/aromatic N) is 2. The number of pyridine rings is 2. The van der Waals surface area contributed by atoms with Gasteiger partial charge in [0.1, 0.15) is 0 Å². The first-order valence-electron chi connectivity index (χ1n) is 20.1. The highest BCUT2D eigenvalue weighted by Crippen LogP contribution is 2.36. The fraction of sp³-hybridized carbons (Fsp3) is 0.280. The number of benzene rings is 4. The molecular weight excluding hydrogens is 807 g/mol. The Balaban J connectivity index is 0.000000234. The molecule has 0 bridgehead atoms. The number of carboxylic acids is 2. The molecule has 0 fully saturated rings. The third-order valence-electron chi connectivity index (χ3n) is 10.2. The molecule has 324 valence electrons. The van der Waals surface area contributed by atoms with Crippen molar-refractivity contribution < 1.29 is 46.1 Å². The summed E-state index contributed by atoms with van der Waals surface area (Å²) in [5.74, 6) is -3.03. The zero-order chi connectivity index (χ0) is 45.5. The Bertz CT molecular complexity index is 2480. The second kappa shape index (κ2) is 19.6. The van der Waals surface area contributed by atoms with Crippen molar-refractivity contribution in [3.8, 4) is 45.0 Å². The summed E-state index contributed by atoms with van der Waals surface area (Å²) < 4.78 is 77.7. The summed E-state index contributed by atoms with van der Waals surface area (Å²) in [6, 6.07) is 31.7. The molecule has 0 aliphatic rings. The van der Waals surface area contributed by atoms with Crippen LogP contribution in [0.3, 0.4) is 0 Å². The zero-order valence-electron chi connectivity index (χ0n) is 35.1. The summed E-state index contributed by atoms with van der Waals surface area (Å²) in [6.45, 7) is 11.7. The number of aliphatic carboxylic acids is 2. The molecule has 4 aromatic carbocycles. The Labute approximate surface area is 357 Å². The van der Waals surface area contributed by atoms with Gasteiger partial charge < -0.3 is 10.2 Å². The Morgan fingerprint density at radius 3 is 1.13 bits per heavy atom. The summed E-state index contributed by atoms with van der Waals surface area (Å²) in [5, 5.41) is 19.6. The van der Waals surface area contributed by atoms with Gasteiger partial charge in [-0.1, -0.05) is 106 Å². The highest BCUT2D eigenvalue weighted by atomic mass is 19.4. The first-order valence-corrected chi connectivity index (χ1v) is 20.1. The van der Waals surface area contributed by atoms with Crippen LogP contribution in [0.25, 0.3) is 45.0 Å². The van der Waals surface area contributed by atoms with Gasteiger partial charge in [-0.25, -0.2) is 9.97 Å². The van der Waals surface area contributed by atoms with Crippen LogP contribution in [0.5, 0.6) is 0 Å². The van der Waals surface area contributed by atoms with E-state index in [4.69, 9.17) is 0 Å². The van der Waals surface area contributed by atoms with Gasteiger partial charge in [-0.05, 0) is 104 Å². The summed E-state index contributed by atoms with van der Waals surface area (Å²) in [7, 11) is 0. The van der Waals surface area contributed by atoms with Gasteiger partial charge in [0.2, 0.25) is 0 Å². The lowest BCUT2D eigenvalue weighted by Gasteiger charge is -2.18. The number of carbonyl (C=O) groups is 2. The lowest BCUT2D eigenvalue weighted by atomic mass is 9.89. The smallest absolute Gasteiger partial charge is 0.416 e. The molecule has 2 unspecified atom stereocenters. The maximum absolute atomic E-state index is 12.9. The molecule has 0 spiro atoms. The number of hydrogen-bond donors (Lipinski definition) is 2. The largest absolute Gasteiger partial charge is 0.481 e. The fourth-order valence-corrected chi connectivity index (χ4v) is 6.99. The Kier molecular flexibility index (Phi) is 14.8. The molecular formula is C50H48F6N2O4. The Morgan fingerprint density at radius 2 is 0.823 bits per heavy atom. The van der Waals surface area contributed by atoms with Crippen LogP contribution in [0, 0.1) is 25.7 Å². The molecule has 0 saturated heterocycles. The normalized spacial score (nSPS) is 12.7. The number of hydrogen-bond acceptors (Lipinski definition) is 4. The summed E-state index contributed by atoms with van der Waals surface area (Å²) in [5.41, 5.74) is 6.48. The first kappa shape index (κ1) is 46.8. The van der Waals surface area contributed by atoms with E-state index >= 15 is 0 Å². The molecule has 0 aliphatic carbocycles. The second-order valence-electron chi connectivity index (χ2n) is 16.3. The van der Waals surface area contributed by atoms with Gasteiger partial charge in [0.15, 0.2) is 0 Å². The number of halogens is 6. The summed E-state index contributed by atoms with van der Waals surface area (Å²) in [4.78, 5) is 33.3. The van der Waals surface area contributed by atoms with E-state index < -0.39 is 47.3 Å². The molecule has 0 aliphatic heterocycles. The molecule has 6 rings (SSSR count). The number of rotatable bonds is 12. The fourth-order valence-electron chi connectivity index (χ4n) is 6.99. The van der Waals surface area contributed by atoms with Crippen molar-refractivity contribution in [2.45, 2.75) is 78.6 Å². The van der Waals surface area contributed by atoms with E-state index in [1.54, 1.807) is 24.3 Å². The van der Waals surface area contributed by atoms with Crippen LogP contribution in [0.1, 0.15) is 85.8 Å². The number of carboxylic acid groups (broad SMARTS) is 2. The van der Waals surface area contributed by atoms with Gasteiger partial charge in [0.25, 0.3) is 0 Å². The maximum atomic E-state index is 12.9. The predicted octanol–water partition coefficient (Wildman–Crippen LogP) is 13.9. The molecule has 2 aromatic heterocycles. The molecule has 6 aromatic rings. The molecule has 2 atom stereocenters. The number of aromatic nitrogens is 2. The van der Waals surface area contributed by atoms with E-state index in [2.05, 4.69) is 9.97 Å². The minimum absolute atomic E-state index is 0.159. The van der Waals surface area contributed by atoms with Crippen LogP contribution in [-0.4, -0.2) is 32.1 Å². The third-order valence-corrected chi connectivity index (χ3v) is 10.2. The van der Waals surface area contributed by atoms with Gasteiger partial charge in [-0.3, -0.25) is 9.59 Å². The number of alkyl halides is 6. The van der Waals surface area contributed by atoms with Gasteiger partial charge >= 0.3 is 24.3 Å². The van der Waals surface area contributed by atoms with E-state index in [0.29, 0.717) is 57.9 Å². The summed E-state index contributed by atoms with van der Waals surface area (Å²) in [6.07, 6.45) is -7.96. The zero-order valence-corrected chi connectivity index (χ0v) is 35.1. The van der Waals surface area contributed by atoms with Crippen LogP contribution >= 0.6 is 0 Å². The van der Waals surface area contributed by atoms with Crippen LogP contribution in [-0.2, 0) is 21.9 Å². The van der Waals surface area contributed by atoms with E-state index in [1.165, 1.54) is 24.3 Å². The van der Waals surface area contributed by atoms with Crippen molar-refractivity contribution >= 4 is 11.9 Å². The highest BCUT2D eigenvalue weighted by molar-refractivity contribution is 5.79. The van der Waals surface area contributed by atoms with Crippen molar-refractivity contribution in [3.63, 3.8) is 0 Å². The molecule has 2 N–H and O–H groups in total. The quantitative estimate of drug-likeness (QED) is 0.119. The van der Waals surface area contributed by atoms with Crippen LogP contribution in [0.15, 0.2) is 121 Å². The minimum Gasteiger partial charge on any atom is -0.481 e.